The number of aryl methyl sites for hydroxylation is 1. The molecule has 0 aliphatic rings. The van der Waals surface area contributed by atoms with Crippen LogP contribution < -0.4 is 0 Å². The molecule has 2 rings (SSSR count). The normalized spacial score (nSPS) is 12.8. The van der Waals surface area contributed by atoms with Gasteiger partial charge in [-0.25, -0.2) is 0 Å². The minimum Gasteiger partial charge on any atom is -0.143 e. The second-order valence-corrected chi connectivity index (χ2v) is 7.48. The summed E-state index contributed by atoms with van der Waals surface area (Å²) in [7, 11) is 0. The first kappa shape index (κ1) is 13.9. The van der Waals surface area contributed by atoms with Crippen molar-refractivity contribution in [2.24, 2.45) is 0 Å². The number of thiophene rings is 1. The van der Waals surface area contributed by atoms with Crippen molar-refractivity contribution in [1.29, 1.82) is 0 Å². The molecule has 1 unspecified atom stereocenters. The molecule has 0 aliphatic carbocycles. The lowest BCUT2D eigenvalue weighted by Crippen LogP contribution is -1.91. The Morgan fingerprint density at radius 3 is 2.53 bits per heavy atom. The van der Waals surface area contributed by atoms with E-state index >= 15 is 0 Å². The van der Waals surface area contributed by atoms with Crippen LogP contribution >= 0.6 is 66.4 Å². The minimum absolute atomic E-state index is 0.213. The average molecular weight is 415 g/mol. The molecule has 0 spiro atoms. The van der Waals surface area contributed by atoms with Gasteiger partial charge in [0.25, 0.3) is 0 Å². The topological polar surface area (TPSA) is 0 Å². The molecule has 0 radical (unpaired) electrons. The van der Waals surface area contributed by atoms with Crippen molar-refractivity contribution in [2.75, 3.05) is 0 Å². The maximum atomic E-state index is 6.48. The van der Waals surface area contributed by atoms with Crippen molar-refractivity contribution in [3.63, 3.8) is 0 Å². The number of hydrogen-bond donors (Lipinski definition) is 0. The summed E-state index contributed by atoms with van der Waals surface area (Å²) >= 11 is 21.3. The van der Waals surface area contributed by atoms with Gasteiger partial charge in [0.15, 0.2) is 0 Å². The van der Waals surface area contributed by atoms with Crippen LogP contribution in [0, 0.1) is 6.92 Å². The maximum Gasteiger partial charge on any atom is 0.0943 e. The van der Waals surface area contributed by atoms with E-state index in [1.165, 1.54) is 4.88 Å². The van der Waals surface area contributed by atoms with Crippen LogP contribution in [0.4, 0.5) is 0 Å². The first-order chi connectivity index (χ1) is 7.99. The van der Waals surface area contributed by atoms with Gasteiger partial charge in [-0.2, -0.15) is 0 Å². The Morgan fingerprint density at radius 2 is 1.94 bits per heavy atom. The summed E-state index contributed by atoms with van der Waals surface area (Å²) in [6.45, 7) is 2.06. The van der Waals surface area contributed by atoms with E-state index in [4.69, 9.17) is 23.2 Å². The molecule has 5 heteroatoms. The zero-order chi connectivity index (χ0) is 12.6. The van der Waals surface area contributed by atoms with Crippen LogP contribution in [0.15, 0.2) is 33.2 Å². The molecular formula is C12H8Br2Cl2S. The molecule has 17 heavy (non-hydrogen) atoms. The highest BCUT2D eigenvalue weighted by Crippen LogP contribution is 2.40. The van der Waals surface area contributed by atoms with Crippen LogP contribution in [-0.4, -0.2) is 0 Å². The molecule has 0 bridgehead atoms. The van der Waals surface area contributed by atoms with E-state index in [9.17, 15) is 0 Å². The van der Waals surface area contributed by atoms with Gasteiger partial charge in [0, 0.05) is 23.7 Å². The van der Waals surface area contributed by atoms with Crippen LogP contribution in [0.1, 0.15) is 20.7 Å². The number of halogens is 4. The van der Waals surface area contributed by atoms with Gasteiger partial charge < -0.3 is 0 Å². The van der Waals surface area contributed by atoms with E-state index in [0.29, 0.717) is 5.02 Å². The summed E-state index contributed by atoms with van der Waals surface area (Å²) in [5, 5.41) is 0.477. The zero-order valence-electron chi connectivity index (χ0n) is 8.81. The van der Waals surface area contributed by atoms with Crippen LogP contribution in [-0.2, 0) is 0 Å². The highest BCUT2D eigenvalue weighted by Gasteiger charge is 2.17. The van der Waals surface area contributed by atoms with E-state index in [2.05, 4.69) is 44.8 Å². The van der Waals surface area contributed by atoms with Crippen molar-refractivity contribution in [3.8, 4) is 0 Å². The third-order valence-corrected chi connectivity index (χ3v) is 6.00. The van der Waals surface area contributed by atoms with E-state index in [-0.39, 0.29) is 5.38 Å². The molecule has 1 aromatic carbocycles. The van der Waals surface area contributed by atoms with Gasteiger partial charge in [-0.1, -0.05) is 27.5 Å². The summed E-state index contributed by atoms with van der Waals surface area (Å²) in [6.07, 6.45) is 0. The monoisotopic (exact) mass is 412 g/mol. The smallest absolute Gasteiger partial charge is 0.0943 e. The van der Waals surface area contributed by atoms with Crippen LogP contribution in [0.25, 0.3) is 0 Å². The predicted molar refractivity (Wildman–Crippen MR) is 83.6 cm³/mol. The Hall–Kier alpha value is 0.460. The fourth-order valence-corrected chi connectivity index (χ4v) is 4.07. The Morgan fingerprint density at radius 1 is 1.24 bits per heavy atom. The molecular weight excluding hydrogens is 407 g/mol. The van der Waals surface area contributed by atoms with Crippen molar-refractivity contribution in [1.82, 2.24) is 0 Å². The van der Waals surface area contributed by atoms with Gasteiger partial charge in [0.2, 0.25) is 0 Å². The molecule has 1 atom stereocenters. The SMILES string of the molecule is Cc1sc(C(Cl)c2cc(Br)ccc2Cl)cc1Br. The first-order valence-corrected chi connectivity index (χ1v) is 8.05. The van der Waals surface area contributed by atoms with E-state index in [1.54, 1.807) is 11.3 Å². The van der Waals surface area contributed by atoms with Gasteiger partial charge >= 0.3 is 0 Å². The molecule has 0 saturated heterocycles. The van der Waals surface area contributed by atoms with Crippen molar-refractivity contribution in [3.05, 3.63) is 53.6 Å². The lowest BCUT2D eigenvalue weighted by molar-refractivity contribution is 1.18. The minimum atomic E-state index is -0.213. The molecule has 0 aliphatic heterocycles. The van der Waals surface area contributed by atoms with Crippen LogP contribution in [0.2, 0.25) is 5.02 Å². The second kappa shape index (κ2) is 5.62. The lowest BCUT2D eigenvalue weighted by atomic mass is 10.1. The Labute approximate surface area is 131 Å². The molecule has 0 N–H and O–H groups in total. The molecule has 0 fully saturated rings. The van der Waals surface area contributed by atoms with Crippen molar-refractivity contribution in [2.45, 2.75) is 12.3 Å². The summed E-state index contributed by atoms with van der Waals surface area (Å²) in [5.41, 5.74) is 0.927. The van der Waals surface area contributed by atoms with Crippen LogP contribution in [0.5, 0.6) is 0 Å². The highest BCUT2D eigenvalue weighted by molar-refractivity contribution is 9.10. The number of rotatable bonds is 2. The molecule has 1 heterocycles. The fraction of sp³-hybridized carbons (Fsp3) is 0.167. The number of benzene rings is 1. The van der Waals surface area contributed by atoms with Gasteiger partial charge in [0.05, 0.1) is 5.38 Å². The van der Waals surface area contributed by atoms with E-state index in [0.717, 1.165) is 19.4 Å². The Kier molecular flexibility index (Phi) is 4.59. The third kappa shape index (κ3) is 3.07. The second-order valence-electron chi connectivity index (χ2n) is 3.58. The first-order valence-electron chi connectivity index (χ1n) is 4.84. The van der Waals surface area contributed by atoms with Crippen molar-refractivity contribution >= 4 is 66.4 Å². The average Bonchev–Trinajstić information content (AvgIpc) is 2.62. The van der Waals surface area contributed by atoms with Crippen LogP contribution in [0.3, 0.4) is 0 Å². The molecule has 0 amide bonds. The molecule has 2 aromatic rings. The molecule has 90 valence electrons. The van der Waals surface area contributed by atoms with Gasteiger partial charge in [-0.15, -0.1) is 22.9 Å². The summed E-state index contributed by atoms with van der Waals surface area (Å²) < 4.78 is 2.07. The lowest BCUT2D eigenvalue weighted by Gasteiger charge is -2.10. The molecule has 0 nitrogen and oxygen atoms in total. The third-order valence-electron chi connectivity index (χ3n) is 2.36. The number of hydrogen-bond acceptors (Lipinski definition) is 1. The van der Waals surface area contributed by atoms with E-state index in [1.807, 2.05) is 18.2 Å². The largest absolute Gasteiger partial charge is 0.143 e. The molecule has 1 aromatic heterocycles. The van der Waals surface area contributed by atoms with Gasteiger partial charge in [0.1, 0.15) is 0 Å². The Balaban J connectivity index is 2.42. The maximum absolute atomic E-state index is 6.48. The van der Waals surface area contributed by atoms with Crippen molar-refractivity contribution < 1.29 is 0 Å². The fourth-order valence-electron chi connectivity index (χ4n) is 1.47. The quantitative estimate of drug-likeness (QED) is 0.488. The zero-order valence-corrected chi connectivity index (χ0v) is 14.3. The van der Waals surface area contributed by atoms with E-state index < -0.39 is 0 Å². The predicted octanol–water partition coefficient (Wildman–Crippen LogP) is 6.56. The molecule has 0 saturated carbocycles. The summed E-state index contributed by atoms with van der Waals surface area (Å²) in [4.78, 5) is 2.31. The summed E-state index contributed by atoms with van der Waals surface area (Å²) in [6, 6.07) is 7.77. The summed E-state index contributed by atoms with van der Waals surface area (Å²) in [5.74, 6) is 0. The Bertz CT molecular complexity index is 532. The number of alkyl halides is 1. The van der Waals surface area contributed by atoms with Gasteiger partial charge in [-0.3, -0.25) is 0 Å². The highest BCUT2D eigenvalue weighted by atomic mass is 79.9. The van der Waals surface area contributed by atoms with Gasteiger partial charge in [-0.05, 0) is 52.7 Å². The standard InChI is InChI=1S/C12H8Br2Cl2S/c1-6-9(14)5-11(17-6)12(16)8-4-7(13)2-3-10(8)15/h2-5,12H,1H3.